The summed E-state index contributed by atoms with van der Waals surface area (Å²) in [6, 6.07) is 9.11. The highest BCUT2D eigenvalue weighted by Crippen LogP contribution is 2.37. The molecule has 2 aromatic rings. The third kappa shape index (κ3) is 3.30. The van der Waals surface area contributed by atoms with Gasteiger partial charge in [-0.25, -0.2) is 4.98 Å². The van der Waals surface area contributed by atoms with Crippen LogP contribution in [0.5, 0.6) is 0 Å². The summed E-state index contributed by atoms with van der Waals surface area (Å²) >= 11 is 1.90. The van der Waals surface area contributed by atoms with Crippen molar-refractivity contribution in [3.05, 3.63) is 29.3 Å². The number of piperidine rings is 1. The molecule has 1 aromatic carbocycles. The number of nitrogens with zero attached hydrogens (tertiary/aromatic N) is 2. The van der Waals surface area contributed by atoms with Crippen molar-refractivity contribution in [1.29, 1.82) is 0 Å². The molecule has 1 unspecified atom stereocenters. The van der Waals surface area contributed by atoms with Crippen LogP contribution in [0.1, 0.15) is 36.7 Å². The van der Waals surface area contributed by atoms with Gasteiger partial charge in [0.05, 0.1) is 16.3 Å². The molecule has 1 aromatic heterocycles. The third-order valence-corrected chi connectivity index (χ3v) is 6.05. The average Bonchev–Trinajstić information content (AvgIpc) is 3.14. The van der Waals surface area contributed by atoms with Gasteiger partial charge in [0.1, 0.15) is 5.01 Å². The zero-order valence-corrected chi connectivity index (χ0v) is 14.5. The standard InChI is InChI=1S/C17H23N3S.ClH/c1-2-6-16-14(4-1)19-17(21-16)15-5-3-11-20(15)12-13-7-9-18-10-8-13;/h1-2,4,6,13,15,18H,3,5,7-12H2;1H. The molecule has 2 saturated heterocycles. The smallest absolute Gasteiger partial charge is 0.111 e. The first-order valence-electron chi connectivity index (χ1n) is 8.20. The molecule has 0 spiro atoms. The second-order valence-corrected chi connectivity index (χ2v) is 7.43. The van der Waals surface area contributed by atoms with E-state index in [0.29, 0.717) is 6.04 Å². The van der Waals surface area contributed by atoms with Crippen molar-refractivity contribution in [2.24, 2.45) is 5.92 Å². The first-order valence-corrected chi connectivity index (χ1v) is 9.02. The van der Waals surface area contributed by atoms with Crippen LogP contribution in [0.3, 0.4) is 0 Å². The lowest BCUT2D eigenvalue weighted by molar-refractivity contribution is 0.193. The van der Waals surface area contributed by atoms with Crippen molar-refractivity contribution in [3.63, 3.8) is 0 Å². The largest absolute Gasteiger partial charge is 0.317 e. The molecule has 3 nitrogen and oxygen atoms in total. The van der Waals surface area contributed by atoms with Crippen molar-refractivity contribution in [2.45, 2.75) is 31.7 Å². The first-order chi connectivity index (χ1) is 10.4. The molecule has 3 heterocycles. The van der Waals surface area contributed by atoms with Gasteiger partial charge in [0.2, 0.25) is 0 Å². The molecule has 1 atom stereocenters. The minimum Gasteiger partial charge on any atom is -0.317 e. The highest BCUT2D eigenvalue weighted by Gasteiger charge is 2.30. The van der Waals surface area contributed by atoms with Crippen LogP contribution in [0.2, 0.25) is 0 Å². The highest BCUT2D eigenvalue weighted by atomic mass is 35.5. The van der Waals surface area contributed by atoms with Crippen LogP contribution >= 0.6 is 23.7 Å². The number of nitrogens with one attached hydrogen (secondary N) is 1. The number of aromatic nitrogens is 1. The van der Waals surface area contributed by atoms with E-state index in [-0.39, 0.29) is 12.4 Å². The fourth-order valence-electron chi connectivity index (χ4n) is 3.75. The number of thiazole rings is 1. The molecule has 2 aliphatic heterocycles. The van der Waals surface area contributed by atoms with E-state index in [1.807, 2.05) is 11.3 Å². The van der Waals surface area contributed by atoms with Crippen LogP contribution in [0, 0.1) is 5.92 Å². The van der Waals surface area contributed by atoms with Gasteiger partial charge in [0.25, 0.3) is 0 Å². The maximum absolute atomic E-state index is 4.90. The monoisotopic (exact) mass is 337 g/mol. The Labute approximate surface area is 142 Å². The number of hydrogen-bond donors (Lipinski definition) is 1. The second-order valence-electron chi connectivity index (χ2n) is 6.37. The van der Waals surface area contributed by atoms with Gasteiger partial charge in [0.15, 0.2) is 0 Å². The Morgan fingerprint density at radius 3 is 2.82 bits per heavy atom. The Balaban J connectivity index is 0.00000144. The second kappa shape index (κ2) is 7.26. The molecule has 2 aliphatic rings. The van der Waals surface area contributed by atoms with Gasteiger partial charge in [-0.2, -0.15) is 0 Å². The predicted octanol–water partition coefficient (Wildman–Crippen LogP) is 3.85. The molecular weight excluding hydrogens is 314 g/mol. The van der Waals surface area contributed by atoms with Crippen molar-refractivity contribution in [2.75, 3.05) is 26.2 Å². The maximum atomic E-state index is 4.90. The number of fused-ring (bicyclic) bond motifs is 1. The van der Waals surface area contributed by atoms with E-state index in [0.717, 1.165) is 5.92 Å². The zero-order chi connectivity index (χ0) is 14.1. The number of rotatable bonds is 3. The van der Waals surface area contributed by atoms with Gasteiger partial charge >= 0.3 is 0 Å². The van der Waals surface area contributed by atoms with E-state index < -0.39 is 0 Å². The van der Waals surface area contributed by atoms with Crippen LogP contribution in [0.25, 0.3) is 10.2 Å². The van der Waals surface area contributed by atoms with Gasteiger partial charge in [-0.3, -0.25) is 4.90 Å². The summed E-state index contributed by atoms with van der Waals surface area (Å²) in [5.41, 5.74) is 1.17. The van der Waals surface area contributed by atoms with E-state index in [9.17, 15) is 0 Å². The van der Waals surface area contributed by atoms with Crippen LogP contribution < -0.4 is 5.32 Å². The van der Waals surface area contributed by atoms with E-state index in [4.69, 9.17) is 4.98 Å². The molecule has 0 saturated carbocycles. The van der Waals surface area contributed by atoms with E-state index in [2.05, 4.69) is 34.5 Å². The number of likely N-dealkylation sites (tertiary alicyclic amines) is 1. The van der Waals surface area contributed by atoms with E-state index >= 15 is 0 Å². The molecule has 5 heteroatoms. The van der Waals surface area contributed by atoms with Crippen molar-refractivity contribution < 1.29 is 0 Å². The molecule has 0 radical (unpaired) electrons. The van der Waals surface area contributed by atoms with Gasteiger partial charge in [0, 0.05) is 6.54 Å². The Kier molecular flexibility index (Phi) is 5.34. The number of benzene rings is 1. The number of hydrogen-bond acceptors (Lipinski definition) is 4. The molecular formula is C17H24ClN3S. The molecule has 22 heavy (non-hydrogen) atoms. The van der Waals surface area contributed by atoms with Crippen molar-refractivity contribution in [1.82, 2.24) is 15.2 Å². The van der Waals surface area contributed by atoms with Gasteiger partial charge < -0.3 is 5.32 Å². The summed E-state index contributed by atoms with van der Waals surface area (Å²) in [6.07, 6.45) is 5.28. The SMILES string of the molecule is Cl.c1ccc2sc(C3CCCN3CC3CCNCC3)nc2c1. The molecule has 0 amide bonds. The lowest BCUT2D eigenvalue weighted by Crippen LogP contribution is -2.36. The highest BCUT2D eigenvalue weighted by molar-refractivity contribution is 7.18. The van der Waals surface area contributed by atoms with Crippen molar-refractivity contribution in [3.8, 4) is 0 Å². The molecule has 120 valence electrons. The third-order valence-electron chi connectivity index (χ3n) is 4.91. The summed E-state index contributed by atoms with van der Waals surface area (Å²) < 4.78 is 1.33. The topological polar surface area (TPSA) is 28.2 Å². The van der Waals surface area contributed by atoms with Gasteiger partial charge in [-0.15, -0.1) is 23.7 Å². The molecule has 4 rings (SSSR count). The number of halogens is 1. The molecule has 2 fully saturated rings. The van der Waals surface area contributed by atoms with Gasteiger partial charge in [-0.1, -0.05) is 12.1 Å². The minimum absolute atomic E-state index is 0. The van der Waals surface area contributed by atoms with E-state index in [1.165, 1.54) is 67.1 Å². The lowest BCUT2D eigenvalue weighted by atomic mass is 9.97. The van der Waals surface area contributed by atoms with Gasteiger partial charge in [-0.05, 0) is 63.4 Å². The Morgan fingerprint density at radius 1 is 1.18 bits per heavy atom. The molecule has 1 N–H and O–H groups in total. The van der Waals surface area contributed by atoms with Crippen LogP contribution in [-0.2, 0) is 0 Å². The quantitative estimate of drug-likeness (QED) is 0.922. The summed E-state index contributed by atoms with van der Waals surface area (Å²) in [5, 5.41) is 4.81. The summed E-state index contributed by atoms with van der Waals surface area (Å²) in [5.74, 6) is 0.876. The summed E-state index contributed by atoms with van der Waals surface area (Å²) in [7, 11) is 0. The molecule has 0 aliphatic carbocycles. The van der Waals surface area contributed by atoms with Crippen LogP contribution in [0.15, 0.2) is 24.3 Å². The lowest BCUT2D eigenvalue weighted by Gasteiger charge is -2.30. The van der Waals surface area contributed by atoms with Crippen LogP contribution in [0.4, 0.5) is 0 Å². The van der Waals surface area contributed by atoms with Crippen molar-refractivity contribution >= 4 is 34.0 Å². The van der Waals surface area contributed by atoms with E-state index in [1.54, 1.807) is 0 Å². The first kappa shape index (κ1) is 16.2. The Bertz CT molecular complexity index is 576. The van der Waals surface area contributed by atoms with Crippen LogP contribution in [-0.4, -0.2) is 36.1 Å². The number of para-hydroxylation sites is 1. The Hall–Kier alpha value is -0.680. The fraction of sp³-hybridized carbons (Fsp3) is 0.588. The normalized spacial score (nSPS) is 23.7. The summed E-state index contributed by atoms with van der Waals surface area (Å²) in [4.78, 5) is 7.60. The maximum Gasteiger partial charge on any atom is 0.111 e. The predicted molar refractivity (Wildman–Crippen MR) is 96.0 cm³/mol. The molecule has 0 bridgehead atoms. The summed E-state index contributed by atoms with van der Waals surface area (Å²) in [6.45, 7) is 4.92. The Morgan fingerprint density at radius 2 is 2.00 bits per heavy atom. The zero-order valence-electron chi connectivity index (χ0n) is 12.8. The minimum atomic E-state index is 0. The average molecular weight is 338 g/mol. The fourth-order valence-corrected chi connectivity index (χ4v) is 4.89.